The molecule has 1 aromatic carbocycles. The first-order valence-corrected chi connectivity index (χ1v) is 4.81. The number of hydrogen-bond donors (Lipinski definition) is 1. The minimum Gasteiger partial charge on any atom is -0.492 e. The monoisotopic (exact) mass is 279 g/mol. The maximum atomic E-state index is 8.97. The van der Waals surface area contributed by atoms with Gasteiger partial charge in [-0.3, -0.25) is 0 Å². The van der Waals surface area contributed by atoms with Crippen LogP contribution in [-0.4, -0.2) is 12.2 Å². The molecule has 3 heteroatoms. The van der Waals surface area contributed by atoms with Gasteiger partial charge in [0.1, 0.15) is 0 Å². The molecule has 0 unspecified atom stereocenters. The molecule has 1 rings (SSSR count). The second kappa shape index (κ2) is 4.09. The van der Waals surface area contributed by atoms with E-state index in [1.807, 2.05) is 41.6 Å². The third kappa shape index (κ3) is 1.72. The average Bonchev–Trinajstić information content (AvgIpc) is 2.06. The van der Waals surface area contributed by atoms with Crippen LogP contribution in [0.5, 0.6) is 5.75 Å². The zero-order chi connectivity index (χ0) is 9.14. The number of halogens is 1. The third-order valence-corrected chi connectivity index (χ3v) is 2.77. The number of ether oxygens (including phenoxy) is 1. The highest BCUT2D eigenvalue weighted by atomic mass is 127. The van der Waals surface area contributed by atoms with E-state index < -0.39 is 0 Å². The molecule has 12 heavy (non-hydrogen) atoms. The highest BCUT2D eigenvalue weighted by Crippen LogP contribution is 2.20. The molecule has 0 atom stereocenters. The van der Waals surface area contributed by atoms with Crippen LogP contribution in [0.4, 0.5) is 0 Å². The molecule has 0 aliphatic rings. The summed E-state index contributed by atoms with van der Waals surface area (Å²) in [7, 11) is 1.65. The van der Waals surface area contributed by atoms with E-state index in [1.54, 1.807) is 7.11 Å². The molecule has 0 fully saturated rings. The number of methoxy groups -OCH3 is 1. The fraction of sp³-hybridized carbons (Fsp3) is 0.333. The number of aliphatic hydroxyl groups is 1. The molecule has 0 spiro atoms. The van der Waals surface area contributed by atoms with Gasteiger partial charge < -0.3 is 9.84 Å². The van der Waals surface area contributed by atoms with Gasteiger partial charge in [0.2, 0.25) is 3.57 Å². The molecule has 0 aromatic heterocycles. The van der Waals surface area contributed by atoms with Gasteiger partial charge in [-0.2, -0.15) is 0 Å². The van der Waals surface area contributed by atoms with Crippen LogP contribution in [0.2, 0.25) is 0 Å². The van der Waals surface area contributed by atoms with Crippen molar-refractivity contribution in [3.8, 4) is 5.75 Å². The van der Waals surface area contributed by atoms with Gasteiger partial charge in [-0.25, -0.2) is 0 Å². The summed E-state index contributed by atoms with van der Waals surface area (Å²) < 4.78 is 6.32. The molecule has 2 nitrogen and oxygen atoms in total. The van der Waals surface area contributed by atoms with Crippen molar-refractivity contribution in [2.45, 2.75) is 13.5 Å². The van der Waals surface area contributed by atoms with Gasteiger partial charge in [0.25, 0.3) is 0 Å². The lowest BCUT2D eigenvalue weighted by Gasteiger charge is -2.06. The van der Waals surface area contributed by atoms with Crippen LogP contribution in [-0.2, 0) is 6.61 Å². The van der Waals surface area contributed by atoms with E-state index in [-0.39, 0.29) is 6.61 Å². The quantitative estimate of drug-likeness (QED) is 0.632. The van der Waals surface area contributed by atoms with Gasteiger partial charge in [-0.15, -0.1) is 0 Å². The normalized spacial score (nSPS) is 10.0. The summed E-state index contributed by atoms with van der Waals surface area (Å²) in [5.74, 6) is 0.881. The van der Waals surface area contributed by atoms with Crippen molar-refractivity contribution in [3.05, 3.63) is 26.8 Å². The van der Waals surface area contributed by atoms with Crippen molar-refractivity contribution in [1.82, 2.24) is 0 Å². The zero-order valence-electron chi connectivity index (χ0n) is 7.13. The first-order chi connectivity index (χ1) is 5.70. The molecule has 0 radical (unpaired) electrons. The summed E-state index contributed by atoms with van der Waals surface area (Å²) in [5.41, 5.74) is 1.96. The summed E-state index contributed by atoms with van der Waals surface area (Å²) in [6, 6.07) is 3.89. The zero-order valence-corrected chi connectivity index (χ0v) is 9.46. The Hall–Kier alpha value is -0.290. The van der Waals surface area contributed by atoms with Crippen molar-refractivity contribution < 1.29 is 32.4 Å². The van der Waals surface area contributed by atoms with Crippen LogP contribution in [0.15, 0.2) is 12.1 Å². The maximum Gasteiger partial charge on any atom is 0.300 e. The first kappa shape index (κ1) is 9.80. The van der Waals surface area contributed by atoms with Crippen LogP contribution in [0, 0.1) is 10.5 Å². The fourth-order valence-electron chi connectivity index (χ4n) is 1.13. The predicted octanol–water partition coefficient (Wildman–Crippen LogP) is -2.05. The Morgan fingerprint density at radius 2 is 2.17 bits per heavy atom. The molecular weight excluding hydrogens is 267 g/mol. The highest BCUT2D eigenvalue weighted by molar-refractivity contribution is 5.38. The van der Waals surface area contributed by atoms with Crippen LogP contribution < -0.4 is 27.3 Å². The van der Waals surface area contributed by atoms with E-state index in [9.17, 15) is 0 Å². The Kier molecular flexibility index (Phi) is 3.34. The van der Waals surface area contributed by atoms with Crippen molar-refractivity contribution in [2.75, 3.05) is 7.11 Å². The number of benzene rings is 1. The molecule has 0 amide bonds. The number of rotatable bonds is 2. The summed E-state index contributed by atoms with van der Waals surface area (Å²) in [5, 5.41) is 8.97. The van der Waals surface area contributed by atoms with Gasteiger partial charge in [0, 0.05) is 5.56 Å². The molecule has 1 aromatic rings. The van der Waals surface area contributed by atoms with Gasteiger partial charge in [0.15, 0.2) is 5.75 Å². The summed E-state index contributed by atoms with van der Waals surface area (Å²) in [6.45, 7) is 2.03. The lowest BCUT2D eigenvalue weighted by Crippen LogP contribution is -3.34. The molecule has 0 bridgehead atoms. The van der Waals surface area contributed by atoms with Gasteiger partial charge in [-0.05, 0) is 18.6 Å². The number of hydrogen-bond acceptors (Lipinski definition) is 2. The molecule has 0 heterocycles. The maximum absolute atomic E-state index is 8.97. The SMILES string of the molecule is COc1c([IH+])ccc(CO)c1C. The summed E-state index contributed by atoms with van der Waals surface area (Å²) in [6.07, 6.45) is 0. The Morgan fingerprint density at radius 3 is 2.67 bits per heavy atom. The summed E-state index contributed by atoms with van der Waals surface area (Å²) >= 11 is 1.92. The highest BCUT2D eigenvalue weighted by Gasteiger charge is 2.12. The Morgan fingerprint density at radius 1 is 1.50 bits per heavy atom. The van der Waals surface area contributed by atoms with Crippen molar-refractivity contribution >= 4 is 0 Å². The van der Waals surface area contributed by atoms with Crippen LogP contribution in [0.25, 0.3) is 0 Å². The molecule has 0 aliphatic carbocycles. The first-order valence-electron chi connectivity index (χ1n) is 3.65. The Labute approximate surface area is 85.7 Å². The lowest BCUT2D eigenvalue weighted by molar-refractivity contribution is -0.330. The predicted molar refractivity (Wildman–Crippen MR) is 43.7 cm³/mol. The minimum absolute atomic E-state index is 0.0730. The van der Waals surface area contributed by atoms with Gasteiger partial charge in [-0.1, -0.05) is 6.07 Å². The smallest absolute Gasteiger partial charge is 0.300 e. The van der Waals surface area contributed by atoms with Crippen LogP contribution in [0.1, 0.15) is 11.1 Å². The molecule has 0 saturated heterocycles. The van der Waals surface area contributed by atoms with Gasteiger partial charge in [0.05, 0.1) is 13.7 Å². The van der Waals surface area contributed by atoms with E-state index >= 15 is 0 Å². The second-order valence-electron chi connectivity index (χ2n) is 2.54. The molecule has 66 valence electrons. The molecular formula is C9H12IO2+. The van der Waals surface area contributed by atoms with Crippen LogP contribution in [0.3, 0.4) is 0 Å². The van der Waals surface area contributed by atoms with Gasteiger partial charge >= 0.3 is 22.6 Å². The third-order valence-electron chi connectivity index (χ3n) is 1.86. The summed E-state index contributed by atoms with van der Waals surface area (Å²) in [4.78, 5) is 0. The molecule has 0 aliphatic heterocycles. The number of aliphatic hydroxyl groups excluding tert-OH is 1. The lowest BCUT2D eigenvalue weighted by atomic mass is 10.1. The van der Waals surface area contributed by atoms with Crippen molar-refractivity contribution in [2.24, 2.45) is 0 Å². The van der Waals surface area contributed by atoms with E-state index in [1.165, 1.54) is 0 Å². The second-order valence-corrected chi connectivity index (χ2v) is 3.79. The topological polar surface area (TPSA) is 29.5 Å². The van der Waals surface area contributed by atoms with Crippen LogP contribution >= 0.6 is 0 Å². The van der Waals surface area contributed by atoms with E-state index in [0.717, 1.165) is 20.4 Å². The standard InChI is InChI=1S/C9H12IO2/c1-6-7(5-11)3-4-8(10)9(6)12-2/h3-4,10-11H,5H2,1-2H3/q+1. The van der Waals surface area contributed by atoms with Crippen molar-refractivity contribution in [1.29, 1.82) is 0 Å². The Bertz CT molecular complexity index is 284. The molecule has 0 saturated carbocycles. The minimum atomic E-state index is 0.0730. The van der Waals surface area contributed by atoms with E-state index in [2.05, 4.69) is 0 Å². The Balaban J connectivity index is 3.24. The molecule has 1 N–H and O–H groups in total. The average molecular weight is 279 g/mol. The largest absolute Gasteiger partial charge is 0.492 e. The van der Waals surface area contributed by atoms with Crippen molar-refractivity contribution in [3.63, 3.8) is 0 Å². The van der Waals surface area contributed by atoms with E-state index in [0.29, 0.717) is 0 Å². The fourth-order valence-corrected chi connectivity index (χ4v) is 2.00. The van der Waals surface area contributed by atoms with E-state index in [4.69, 9.17) is 9.84 Å².